The van der Waals surface area contributed by atoms with Crippen molar-refractivity contribution in [1.29, 1.82) is 0 Å². The van der Waals surface area contributed by atoms with E-state index in [1.165, 1.54) is 6.92 Å². The van der Waals surface area contributed by atoms with Crippen LogP contribution in [0, 0.1) is 5.92 Å². The van der Waals surface area contributed by atoms with E-state index in [0.29, 0.717) is 32.6 Å². The molecule has 0 bridgehead atoms. The van der Waals surface area contributed by atoms with Crippen LogP contribution in [0.15, 0.2) is 12.2 Å². The van der Waals surface area contributed by atoms with Crippen LogP contribution in [0.4, 0.5) is 22.0 Å². The number of ether oxygens (including phenoxy) is 3. The van der Waals surface area contributed by atoms with Gasteiger partial charge in [-0.25, -0.2) is 4.79 Å². The van der Waals surface area contributed by atoms with Crippen LogP contribution in [-0.2, 0) is 19.0 Å². The molecule has 0 aromatic rings. The molecule has 5 nitrogen and oxygen atoms in total. The molecule has 1 aliphatic heterocycles. The lowest BCUT2D eigenvalue weighted by molar-refractivity contribution is -0.507. The number of hydrogen-bond donors (Lipinski definition) is 1. The van der Waals surface area contributed by atoms with Crippen LogP contribution in [-0.4, -0.2) is 47.5 Å². The van der Waals surface area contributed by atoms with Gasteiger partial charge in [-0.05, 0) is 32.6 Å². The van der Waals surface area contributed by atoms with Crippen LogP contribution in [0.1, 0.15) is 46.0 Å². The molecule has 2 fully saturated rings. The molecule has 1 saturated carbocycles. The molecule has 2 aliphatic rings. The number of carbonyl (C=O) groups excluding carboxylic acids is 1. The lowest BCUT2D eigenvalue weighted by Gasteiger charge is -2.53. The molecule has 27 heavy (non-hydrogen) atoms. The fraction of sp³-hybridized carbons (Fsp3) is 0.824. The van der Waals surface area contributed by atoms with Gasteiger partial charge >= 0.3 is 23.9 Å². The van der Waals surface area contributed by atoms with Gasteiger partial charge in [-0.3, -0.25) is 0 Å². The summed E-state index contributed by atoms with van der Waals surface area (Å²) in [7, 11) is 0. The Morgan fingerprint density at radius 1 is 1.22 bits per heavy atom. The first-order chi connectivity index (χ1) is 12.3. The van der Waals surface area contributed by atoms with E-state index in [1.807, 2.05) is 0 Å². The van der Waals surface area contributed by atoms with Crippen molar-refractivity contribution in [2.75, 3.05) is 6.79 Å². The fourth-order valence-corrected chi connectivity index (χ4v) is 3.59. The zero-order valence-corrected chi connectivity index (χ0v) is 15.1. The van der Waals surface area contributed by atoms with Crippen LogP contribution in [0.2, 0.25) is 0 Å². The maximum atomic E-state index is 15.0. The summed E-state index contributed by atoms with van der Waals surface area (Å²) in [6.45, 7) is 4.12. The standard InChI is InChI=1S/C17H23F5O5/c1-10(2)13(23)27-12(11-7-5-4-6-8-11)14(3)15(18,19)16(24,17(20,21)22)26-9-25-14/h11-12,24H,1,4-9H2,2-3H3. The number of esters is 1. The van der Waals surface area contributed by atoms with Gasteiger partial charge in [0.2, 0.25) is 0 Å². The van der Waals surface area contributed by atoms with E-state index in [4.69, 9.17) is 9.47 Å². The van der Waals surface area contributed by atoms with Crippen LogP contribution in [0.25, 0.3) is 0 Å². The van der Waals surface area contributed by atoms with Gasteiger partial charge in [-0.15, -0.1) is 0 Å². The first-order valence-corrected chi connectivity index (χ1v) is 8.59. The maximum absolute atomic E-state index is 15.0. The number of aliphatic hydroxyl groups is 1. The average Bonchev–Trinajstić information content (AvgIpc) is 2.57. The van der Waals surface area contributed by atoms with E-state index in [2.05, 4.69) is 11.3 Å². The predicted octanol–water partition coefficient (Wildman–Crippen LogP) is 3.70. The van der Waals surface area contributed by atoms with E-state index in [-0.39, 0.29) is 5.57 Å². The van der Waals surface area contributed by atoms with Gasteiger partial charge in [0.1, 0.15) is 6.10 Å². The molecule has 1 N–H and O–H groups in total. The monoisotopic (exact) mass is 402 g/mol. The highest BCUT2D eigenvalue weighted by Gasteiger charge is 2.81. The highest BCUT2D eigenvalue weighted by molar-refractivity contribution is 5.87. The van der Waals surface area contributed by atoms with E-state index in [1.54, 1.807) is 0 Å². The summed E-state index contributed by atoms with van der Waals surface area (Å²) < 4.78 is 83.7. The van der Waals surface area contributed by atoms with E-state index >= 15 is 8.78 Å². The molecule has 1 heterocycles. The van der Waals surface area contributed by atoms with E-state index < -0.39 is 48.3 Å². The Kier molecular flexibility index (Phi) is 5.95. The van der Waals surface area contributed by atoms with Crippen molar-refractivity contribution in [3.05, 3.63) is 12.2 Å². The topological polar surface area (TPSA) is 65.0 Å². The second-order valence-corrected chi connectivity index (χ2v) is 7.23. The smallest absolute Gasteiger partial charge is 0.449 e. The summed E-state index contributed by atoms with van der Waals surface area (Å²) in [4.78, 5) is 12.0. The summed E-state index contributed by atoms with van der Waals surface area (Å²) >= 11 is 0. The van der Waals surface area contributed by atoms with Crippen molar-refractivity contribution in [2.45, 2.75) is 75.5 Å². The van der Waals surface area contributed by atoms with Crippen molar-refractivity contribution in [2.24, 2.45) is 5.92 Å². The lowest BCUT2D eigenvalue weighted by Crippen LogP contribution is -2.76. The second kappa shape index (κ2) is 7.29. The summed E-state index contributed by atoms with van der Waals surface area (Å²) in [6, 6.07) is 0. The second-order valence-electron chi connectivity index (χ2n) is 7.23. The Bertz CT molecular complexity index is 587. The van der Waals surface area contributed by atoms with Crippen molar-refractivity contribution in [3.8, 4) is 0 Å². The minimum atomic E-state index is -5.79. The minimum absolute atomic E-state index is 0.0964. The minimum Gasteiger partial charge on any atom is -0.455 e. The summed E-state index contributed by atoms with van der Waals surface area (Å²) in [5.74, 6) is -11.4. The van der Waals surface area contributed by atoms with Gasteiger partial charge in [0, 0.05) is 5.57 Å². The van der Waals surface area contributed by atoms with E-state index in [0.717, 1.165) is 6.42 Å². The molecule has 0 spiro atoms. The highest BCUT2D eigenvalue weighted by atomic mass is 19.4. The van der Waals surface area contributed by atoms with Gasteiger partial charge in [0.25, 0.3) is 0 Å². The maximum Gasteiger partial charge on any atom is 0.449 e. The molecule has 10 heteroatoms. The first kappa shape index (κ1) is 22.0. The van der Waals surface area contributed by atoms with E-state index in [9.17, 15) is 23.1 Å². The van der Waals surface area contributed by atoms with Crippen LogP contribution >= 0.6 is 0 Å². The number of rotatable bonds is 4. The van der Waals surface area contributed by atoms with Crippen molar-refractivity contribution < 1.29 is 46.1 Å². The lowest BCUT2D eigenvalue weighted by atomic mass is 9.74. The Balaban J connectivity index is 2.50. The third kappa shape index (κ3) is 3.58. The average molecular weight is 402 g/mol. The first-order valence-electron chi connectivity index (χ1n) is 8.59. The van der Waals surface area contributed by atoms with Crippen LogP contribution < -0.4 is 0 Å². The molecule has 1 saturated heterocycles. The zero-order valence-electron chi connectivity index (χ0n) is 15.1. The van der Waals surface area contributed by atoms with Gasteiger partial charge < -0.3 is 19.3 Å². The number of halogens is 5. The molecule has 156 valence electrons. The van der Waals surface area contributed by atoms with Crippen molar-refractivity contribution in [3.63, 3.8) is 0 Å². The van der Waals surface area contributed by atoms with Crippen LogP contribution in [0.3, 0.4) is 0 Å². The zero-order chi connectivity index (χ0) is 20.7. The Morgan fingerprint density at radius 3 is 2.26 bits per heavy atom. The molecule has 0 amide bonds. The molecule has 3 atom stereocenters. The summed E-state index contributed by atoms with van der Waals surface area (Å²) in [5.41, 5.74) is -3.05. The fourth-order valence-electron chi connectivity index (χ4n) is 3.59. The van der Waals surface area contributed by atoms with Crippen LogP contribution in [0.5, 0.6) is 0 Å². The van der Waals surface area contributed by atoms with Gasteiger partial charge in [-0.1, -0.05) is 25.8 Å². The highest BCUT2D eigenvalue weighted by Crippen LogP contribution is 2.55. The largest absolute Gasteiger partial charge is 0.455 e. The van der Waals surface area contributed by atoms with Gasteiger partial charge in [0.05, 0.1) is 0 Å². The third-order valence-corrected chi connectivity index (χ3v) is 5.26. The van der Waals surface area contributed by atoms with Crippen molar-refractivity contribution in [1.82, 2.24) is 0 Å². The molecule has 3 unspecified atom stereocenters. The third-order valence-electron chi connectivity index (χ3n) is 5.26. The number of hydrogen-bond acceptors (Lipinski definition) is 5. The predicted molar refractivity (Wildman–Crippen MR) is 82.7 cm³/mol. The Labute approximate surface area is 153 Å². The molecule has 0 radical (unpaired) electrons. The Morgan fingerprint density at radius 2 is 1.78 bits per heavy atom. The summed E-state index contributed by atoms with van der Waals surface area (Å²) in [6.07, 6.45) is -4.66. The SMILES string of the molecule is C=C(C)C(=O)OC(C1CCCCC1)C1(C)OCOC(O)(C(F)(F)F)C1(F)F. The van der Waals surface area contributed by atoms with Gasteiger partial charge in [-0.2, -0.15) is 22.0 Å². The molecular weight excluding hydrogens is 379 g/mol. The molecule has 0 aromatic carbocycles. The normalized spacial score (nSPS) is 33.3. The Hall–Kier alpha value is -1.26. The number of carbonyl (C=O) groups is 1. The van der Waals surface area contributed by atoms with Crippen molar-refractivity contribution >= 4 is 5.97 Å². The molecule has 2 rings (SSSR count). The molecule has 0 aromatic heterocycles. The summed E-state index contributed by atoms with van der Waals surface area (Å²) in [5, 5.41) is 9.73. The van der Waals surface area contributed by atoms with Gasteiger partial charge in [0.15, 0.2) is 12.4 Å². The molecule has 1 aliphatic carbocycles. The number of alkyl halides is 5. The quantitative estimate of drug-likeness (QED) is 0.441. The molecular formula is C17H23F5O5.